The highest BCUT2D eigenvalue weighted by atomic mass is 19.1. The number of aromatic nitrogens is 2. The van der Waals surface area contributed by atoms with Gasteiger partial charge in [-0.15, -0.1) is 0 Å². The molecule has 180 valence electrons. The number of nitrogens with one attached hydrogen (secondary N) is 1. The fraction of sp³-hybridized carbons (Fsp3) is 0.407. The number of amides is 1. The Morgan fingerprint density at radius 1 is 1.18 bits per heavy atom. The summed E-state index contributed by atoms with van der Waals surface area (Å²) >= 11 is 0. The zero-order valence-corrected chi connectivity index (χ0v) is 20.2. The van der Waals surface area contributed by atoms with Crippen LogP contribution in [0.25, 0.3) is 0 Å². The average Bonchev–Trinajstić information content (AvgIpc) is 3.18. The molecule has 0 radical (unpaired) electrons. The van der Waals surface area contributed by atoms with Crippen LogP contribution < -0.4 is 5.32 Å². The number of carbonyl (C=O) groups excluding carboxylic acids is 1. The van der Waals surface area contributed by atoms with Gasteiger partial charge in [0.25, 0.3) is 0 Å². The molecule has 3 aromatic rings. The van der Waals surface area contributed by atoms with E-state index in [4.69, 9.17) is 5.10 Å². The highest BCUT2D eigenvalue weighted by Gasteiger charge is 2.39. The average molecular weight is 467 g/mol. The van der Waals surface area contributed by atoms with Crippen LogP contribution >= 0.6 is 0 Å². The number of hydrogen-bond acceptors (Lipinski definition) is 3. The van der Waals surface area contributed by atoms with Crippen molar-refractivity contribution in [2.75, 3.05) is 13.6 Å². The molecule has 1 amide bonds. The molecule has 4 rings (SSSR count). The van der Waals surface area contributed by atoms with Crippen molar-refractivity contribution in [3.8, 4) is 0 Å². The van der Waals surface area contributed by atoms with Crippen molar-refractivity contribution in [3.05, 3.63) is 87.7 Å². The molecule has 2 unspecified atom stereocenters. The van der Waals surface area contributed by atoms with Crippen LogP contribution in [0.15, 0.2) is 42.5 Å². The first-order chi connectivity index (χ1) is 16.3. The van der Waals surface area contributed by atoms with Gasteiger partial charge in [0.1, 0.15) is 17.7 Å². The van der Waals surface area contributed by atoms with Crippen molar-refractivity contribution < 1.29 is 13.6 Å². The van der Waals surface area contributed by atoms with E-state index in [1.54, 1.807) is 7.05 Å². The SMILES string of the molecule is CCn1nc(C)c2c1CCN(C(C(=O)NC)c1ccccc1)C2CCc1cc(F)c(C)c(F)c1. The second-order valence-electron chi connectivity index (χ2n) is 8.92. The third kappa shape index (κ3) is 4.49. The topological polar surface area (TPSA) is 50.2 Å². The van der Waals surface area contributed by atoms with E-state index >= 15 is 0 Å². The molecule has 1 N–H and O–H groups in total. The van der Waals surface area contributed by atoms with Crippen LogP contribution in [0.3, 0.4) is 0 Å². The largest absolute Gasteiger partial charge is 0.358 e. The van der Waals surface area contributed by atoms with Crippen LogP contribution in [0.5, 0.6) is 0 Å². The van der Waals surface area contributed by atoms with Crippen LogP contribution in [0.1, 0.15) is 59.1 Å². The molecule has 0 aliphatic carbocycles. The van der Waals surface area contributed by atoms with Crippen molar-refractivity contribution in [1.29, 1.82) is 0 Å². The van der Waals surface area contributed by atoms with E-state index in [2.05, 4.69) is 17.1 Å². The monoisotopic (exact) mass is 466 g/mol. The van der Waals surface area contributed by atoms with Gasteiger partial charge in [-0.1, -0.05) is 30.3 Å². The zero-order chi connectivity index (χ0) is 24.4. The molecular weight excluding hydrogens is 434 g/mol. The molecular formula is C27H32F2N4O. The Balaban J connectivity index is 1.75. The summed E-state index contributed by atoms with van der Waals surface area (Å²) < 4.78 is 30.5. The third-order valence-corrected chi connectivity index (χ3v) is 6.91. The van der Waals surface area contributed by atoms with Gasteiger partial charge in [0.15, 0.2) is 0 Å². The molecule has 5 nitrogen and oxygen atoms in total. The number of fused-ring (bicyclic) bond motifs is 1. The molecule has 1 aromatic heterocycles. The minimum atomic E-state index is -0.529. The standard InChI is InChI=1S/C27H32F2N4O/c1-5-33-24-13-14-32(26(27(34)30-4)20-9-7-6-8-10-20)23(25(24)18(3)31-33)12-11-19-15-21(28)17(2)22(29)16-19/h6-10,15-16,23,26H,5,11-14H2,1-4H3,(H,30,34). The Labute approximate surface area is 199 Å². The lowest BCUT2D eigenvalue weighted by molar-refractivity contribution is -0.127. The summed E-state index contributed by atoms with van der Waals surface area (Å²) in [6.07, 6.45) is 1.89. The number of hydrogen-bond donors (Lipinski definition) is 1. The molecule has 1 aliphatic heterocycles. The Hall–Kier alpha value is -3.06. The fourth-order valence-electron chi connectivity index (χ4n) is 5.19. The second-order valence-corrected chi connectivity index (χ2v) is 8.92. The molecule has 0 saturated heterocycles. The summed E-state index contributed by atoms with van der Waals surface area (Å²) in [5, 5.41) is 7.59. The van der Waals surface area contributed by atoms with Gasteiger partial charge in [-0.3, -0.25) is 14.4 Å². The van der Waals surface area contributed by atoms with Gasteiger partial charge in [-0.05, 0) is 56.9 Å². The van der Waals surface area contributed by atoms with Gasteiger partial charge in [-0.2, -0.15) is 5.10 Å². The maximum Gasteiger partial charge on any atom is 0.241 e. The summed E-state index contributed by atoms with van der Waals surface area (Å²) in [4.78, 5) is 15.4. The fourth-order valence-corrected chi connectivity index (χ4v) is 5.19. The van der Waals surface area contributed by atoms with Crippen LogP contribution in [0, 0.1) is 25.5 Å². The molecule has 2 atom stereocenters. The summed E-state index contributed by atoms with van der Waals surface area (Å²) in [5.74, 6) is -1.13. The van der Waals surface area contributed by atoms with E-state index in [0.717, 1.165) is 29.8 Å². The van der Waals surface area contributed by atoms with Gasteiger partial charge >= 0.3 is 0 Å². The van der Waals surface area contributed by atoms with E-state index in [1.165, 1.54) is 24.8 Å². The Morgan fingerprint density at radius 2 is 1.85 bits per heavy atom. The molecule has 2 aromatic carbocycles. The van der Waals surface area contributed by atoms with Gasteiger partial charge < -0.3 is 5.32 Å². The Bertz CT molecular complexity index is 1150. The van der Waals surface area contributed by atoms with Crippen LogP contribution in [-0.2, 0) is 24.2 Å². The van der Waals surface area contributed by atoms with Crippen molar-refractivity contribution in [1.82, 2.24) is 20.0 Å². The lowest BCUT2D eigenvalue weighted by Crippen LogP contribution is -2.45. The van der Waals surface area contributed by atoms with E-state index in [-0.39, 0.29) is 17.5 Å². The van der Waals surface area contributed by atoms with Crippen molar-refractivity contribution in [2.45, 2.75) is 58.7 Å². The van der Waals surface area contributed by atoms with Crippen LogP contribution in [0.2, 0.25) is 0 Å². The zero-order valence-electron chi connectivity index (χ0n) is 20.2. The number of likely N-dealkylation sites (N-methyl/N-ethyl adjacent to an activating group) is 1. The summed E-state index contributed by atoms with van der Waals surface area (Å²) in [5.41, 5.74) is 4.83. The second kappa shape index (κ2) is 10.1. The summed E-state index contributed by atoms with van der Waals surface area (Å²) in [6, 6.07) is 12.0. The smallest absolute Gasteiger partial charge is 0.241 e. The van der Waals surface area contributed by atoms with Gasteiger partial charge in [-0.25, -0.2) is 8.78 Å². The predicted octanol–water partition coefficient (Wildman–Crippen LogP) is 4.82. The molecule has 0 spiro atoms. The molecule has 1 aliphatic rings. The lowest BCUT2D eigenvalue weighted by atomic mass is 9.88. The minimum absolute atomic E-state index is 0.0363. The normalized spacial score (nSPS) is 16.8. The van der Waals surface area contributed by atoms with E-state index in [1.807, 2.05) is 41.9 Å². The van der Waals surface area contributed by atoms with E-state index in [0.29, 0.717) is 24.9 Å². The van der Waals surface area contributed by atoms with E-state index in [9.17, 15) is 13.6 Å². The minimum Gasteiger partial charge on any atom is -0.358 e. The Morgan fingerprint density at radius 3 is 2.47 bits per heavy atom. The first kappa shape index (κ1) is 24.1. The van der Waals surface area contributed by atoms with Crippen molar-refractivity contribution >= 4 is 5.91 Å². The van der Waals surface area contributed by atoms with Crippen LogP contribution in [-0.4, -0.2) is 34.2 Å². The molecule has 0 fully saturated rings. The summed E-state index contributed by atoms with van der Waals surface area (Å²) in [6.45, 7) is 6.98. The maximum absolute atomic E-state index is 14.2. The highest BCUT2D eigenvalue weighted by Crippen LogP contribution is 2.40. The Kier molecular flexibility index (Phi) is 7.12. The van der Waals surface area contributed by atoms with Gasteiger partial charge in [0.2, 0.25) is 5.91 Å². The highest BCUT2D eigenvalue weighted by molar-refractivity contribution is 5.83. The third-order valence-electron chi connectivity index (χ3n) is 6.91. The predicted molar refractivity (Wildman–Crippen MR) is 128 cm³/mol. The maximum atomic E-state index is 14.2. The number of aryl methyl sites for hydroxylation is 3. The molecule has 2 heterocycles. The summed E-state index contributed by atoms with van der Waals surface area (Å²) in [7, 11) is 1.65. The molecule has 7 heteroatoms. The van der Waals surface area contributed by atoms with Crippen molar-refractivity contribution in [2.24, 2.45) is 0 Å². The lowest BCUT2D eigenvalue weighted by Gasteiger charge is -2.41. The number of halogens is 2. The number of rotatable bonds is 7. The molecule has 34 heavy (non-hydrogen) atoms. The number of nitrogens with zero attached hydrogens (tertiary/aromatic N) is 3. The van der Waals surface area contributed by atoms with E-state index < -0.39 is 17.7 Å². The first-order valence-corrected chi connectivity index (χ1v) is 11.9. The quantitative estimate of drug-likeness (QED) is 0.543. The molecule has 0 bridgehead atoms. The number of benzene rings is 2. The van der Waals surface area contributed by atoms with Gasteiger partial charge in [0.05, 0.1) is 5.69 Å². The van der Waals surface area contributed by atoms with Crippen LogP contribution in [0.4, 0.5) is 8.78 Å². The van der Waals surface area contributed by atoms with Crippen molar-refractivity contribution in [3.63, 3.8) is 0 Å². The molecule has 0 saturated carbocycles. The number of carbonyl (C=O) groups is 1. The first-order valence-electron chi connectivity index (χ1n) is 11.9. The van der Waals surface area contributed by atoms with Gasteiger partial charge in [0, 0.05) is 49.4 Å².